The first-order chi connectivity index (χ1) is 4.84. The maximum atomic E-state index is 8.48. The molecule has 0 aromatic heterocycles. The van der Waals surface area contributed by atoms with Gasteiger partial charge in [-0.25, -0.2) is 0 Å². The quantitative estimate of drug-likeness (QED) is 0.517. The first-order valence-electron chi connectivity index (χ1n) is 3.85. The van der Waals surface area contributed by atoms with Gasteiger partial charge in [0.1, 0.15) is 0 Å². The van der Waals surface area contributed by atoms with E-state index >= 15 is 0 Å². The summed E-state index contributed by atoms with van der Waals surface area (Å²) in [4.78, 5) is 0. The molecule has 0 amide bonds. The van der Waals surface area contributed by atoms with Crippen molar-refractivity contribution in [2.75, 3.05) is 0 Å². The molecule has 0 aromatic carbocycles. The van der Waals surface area contributed by atoms with Crippen LogP contribution in [-0.4, -0.2) is 3.92 Å². The van der Waals surface area contributed by atoms with Crippen molar-refractivity contribution in [1.82, 2.24) is 0 Å². The normalized spacial score (nSPS) is 33.2. The molecule has 1 rings (SSSR count). The molecule has 0 aliphatic heterocycles. The van der Waals surface area contributed by atoms with E-state index in [0.29, 0.717) is 5.92 Å². The van der Waals surface area contributed by atoms with E-state index in [1.54, 1.807) is 0 Å². The SMILES string of the molecule is N#CCC1CCCCC1I. The van der Waals surface area contributed by atoms with Gasteiger partial charge in [-0.1, -0.05) is 35.4 Å². The molecular formula is C8H12IN. The van der Waals surface area contributed by atoms with Crippen molar-refractivity contribution >= 4 is 22.6 Å². The summed E-state index contributed by atoms with van der Waals surface area (Å²) >= 11 is 2.49. The summed E-state index contributed by atoms with van der Waals surface area (Å²) in [7, 11) is 0. The molecule has 0 N–H and O–H groups in total. The highest BCUT2D eigenvalue weighted by Crippen LogP contribution is 2.31. The highest BCUT2D eigenvalue weighted by molar-refractivity contribution is 14.1. The van der Waals surface area contributed by atoms with Gasteiger partial charge in [-0.15, -0.1) is 0 Å². The van der Waals surface area contributed by atoms with Gasteiger partial charge in [-0.05, 0) is 18.8 Å². The lowest BCUT2D eigenvalue weighted by atomic mass is 9.87. The van der Waals surface area contributed by atoms with Crippen LogP contribution in [0.15, 0.2) is 0 Å². The fourth-order valence-electron chi connectivity index (χ4n) is 1.51. The van der Waals surface area contributed by atoms with Crippen LogP contribution in [0.4, 0.5) is 0 Å². The summed E-state index contributed by atoms with van der Waals surface area (Å²) in [6.07, 6.45) is 6.09. The lowest BCUT2D eigenvalue weighted by Gasteiger charge is -2.24. The van der Waals surface area contributed by atoms with Crippen molar-refractivity contribution in [2.24, 2.45) is 5.92 Å². The molecule has 2 unspecified atom stereocenters. The van der Waals surface area contributed by atoms with Gasteiger partial charge in [0.15, 0.2) is 0 Å². The summed E-state index contributed by atoms with van der Waals surface area (Å²) in [6.45, 7) is 0. The summed E-state index contributed by atoms with van der Waals surface area (Å²) in [5, 5.41) is 8.48. The monoisotopic (exact) mass is 249 g/mol. The zero-order chi connectivity index (χ0) is 7.40. The number of nitriles is 1. The zero-order valence-electron chi connectivity index (χ0n) is 6.02. The smallest absolute Gasteiger partial charge is 0.0625 e. The van der Waals surface area contributed by atoms with E-state index in [1.165, 1.54) is 25.7 Å². The van der Waals surface area contributed by atoms with E-state index < -0.39 is 0 Å². The predicted octanol–water partition coefficient (Wildman–Crippen LogP) is 2.89. The third-order valence-electron chi connectivity index (χ3n) is 2.17. The Morgan fingerprint density at radius 3 is 2.70 bits per heavy atom. The van der Waals surface area contributed by atoms with Crippen LogP contribution in [0.25, 0.3) is 0 Å². The van der Waals surface area contributed by atoms with Crippen LogP contribution in [0.2, 0.25) is 0 Å². The maximum absolute atomic E-state index is 8.48. The van der Waals surface area contributed by atoms with Crippen LogP contribution in [0, 0.1) is 17.2 Å². The average Bonchev–Trinajstić information content (AvgIpc) is 1.94. The fourth-order valence-corrected chi connectivity index (χ4v) is 2.56. The molecule has 10 heavy (non-hydrogen) atoms. The summed E-state index contributed by atoms with van der Waals surface area (Å²) in [5.41, 5.74) is 0. The van der Waals surface area contributed by atoms with Gasteiger partial charge in [0.25, 0.3) is 0 Å². The van der Waals surface area contributed by atoms with E-state index in [1.807, 2.05) is 0 Å². The fraction of sp³-hybridized carbons (Fsp3) is 0.875. The van der Waals surface area contributed by atoms with Gasteiger partial charge in [-0.2, -0.15) is 5.26 Å². The number of alkyl halides is 1. The molecule has 1 aliphatic carbocycles. The standard InChI is InChI=1S/C8H12IN/c9-8-4-2-1-3-7(8)5-6-10/h7-8H,1-5H2. The molecule has 0 aromatic rings. The second-order valence-electron chi connectivity index (χ2n) is 2.92. The third kappa shape index (κ3) is 2.12. The van der Waals surface area contributed by atoms with E-state index in [9.17, 15) is 0 Å². The van der Waals surface area contributed by atoms with Crippen LogP contribution >= 0.6 is 22.6 Å². The van der Waals surface area contributed by atoms with Crippen LogP contribution in [0.3, 0.4) is 0 Å². The summed E-state index contributed by atoms with van der Waals surface area (Å²) in [6, 6.07) is 2.26. The van der Waals surface area contributed by atoms with Crippen LogP contribution in [0.1, 0.15) is 32.1 Å². The van der Waals surface area contributed by atoms with Crippen molar-refractivity contribution in [3.8, 4) is 6.07 Å². The second kappa shape index (κ2) is 4.17. The molecule has 0 saturated heterocycles. The minimum atomic E-state index is 0.694. The molecule has 0 spiro atoms. The second-order valence-corrected chi connectivity index (χ2v) is 4.52. The van der Waals surface area contributed by atoms with Crippen molar-refractivity contribution in [2.45, 2.75) is 36.0 Å². The lowest BCUT2D eigenvalue weighted by molar-refractivity contribution is 0.387. The molecule has 2 atom stereocenters. The first kappa shape index (κ1) is 8.32. The van der Waals surface area contributed by atoms with Crippen LogP contribution in [0.5, 0.6) is 0 Å². The average molecular weight is 249 g/mol. The molecule has 0 radical (unpaired) electrons. The largest absolute Gasteiger partial charge is 0.198 e. The molecule has 1 fully saturated rings. The molecule has 0 bridgehead atoms. The Bertz CT molecular complexity index is 139. The minimum absolute atomic E-state index is 0.694. The Balaban J connectivity index is 2.34. The third-order valence-corrected chi connectivity index (χ3v) is 3.81. The summed E-state index contributed by atoms with van der Waals surface area (Å²) in [5.74, 6) is 0.694. The molecule has 1 nitrogen and oxygen atoms in total. The first-order valence-corrected chi connectivity index (χ1v) is 5.10. The van der Waals surface area contributed by atoms with Crippen LogP contribution in [-0.2, 0) is 0 Å². The highest BCUT2D eigenvalue weighted by Gasteiger charge is 2.21. The number of nitrogens with zero attached hydrogens (tertiary/aromatic N) is 1. The number of hydrogen-bond acceptors (Lipinski definition) is 1. The van der Waals surface area contributed by atoms with Crippen molar-refractivity contribution in [1.29, 1.82) is 5.26 Å². The van der Waals surface area contributed by atoms with E-state index in [-0.39, 0.29) is 0 Å². The Morgan fingerprint density at radius 2 is 2.10 bits per heavy atom. The maximum Gasteiger partial charge on any atom is 0.0625 e. The molecule has 2 heteroatoms. The number of hydrogen-bond donors (Lipinski definition) is 0. The van der Waals surface area contributed by atoms with Gasteiger partial charge in [0.05, 0.1) is 6.07 Å². The van der Waals surface area contributed by atoms with Gasteiger partial charge in [0, 0.05) is 10.3 Å². The Kier molecular flexibility index (Phi) is 3.47. The molecular weight excluding hydrogens is 237 g/mol. The molecule has 56 valence electrons. The number of rotatable bonds is 1. The lowest BCUT2D eigenvalue weighted by Crippen LogP contribution is -2.18. The predicted molar refractivity (Wildman–Crippen MR) is 50.0 cm³/mol. The van der Waals surface area contributed by atoms with Crippen molar-refractivity contribution in [3.63, 3.8) is 0 Å². The Hall–Kier alpha value is 0.220. The van der Waals surface area contributed by atoms with E-state index in [2.05, 4.69) is 28.7 Å². The Labute approximate surface area is 75.9 Å². The van der Waals surface area contributed by atoms with Gasteiger partial charge < -0.3 is 0 Å². The van der Waals surface area contributed by atoms with E-state index in [0.717, 1.165) is 10.3 Å². The molecule has 1 aliphatic rings. The number of halogens is 1. The highest BCUT2D eigenvalue weighted by atomic mass is 127. The molecule has 1 saturated carbocycles. The van der Waals surface area contributed by atoms with Crippen molar-refractivity contribution < 1.29 is 0 Å². The zero-order valence-corrected chi connectivity index (χ0v) is 8.17. The van der Waals surface area contributed by atoms with Crippen LogP contribution < -0.4 is 0 Å². The summed E-state index contributed by atoms with van der Waals surface area (Å²) < 4.78 is 0.769. The molecule has 0 heterocycles. The topological polar surface area (TPSA) is 23.8 Å². The van der Waals surface area contributed by atoms with Crippen molar-refractivity contribution in [3.05, 3.63) is 0 Å². The minimum Gasteiger partial charge on any atom is -0.198 e. The van der Waals surface area contributed by atoms with E-state index in [4.69, 9.17) is 5.26 Å². The van der Waals surface area contributed by atoms with Gasteiger partial charge in [-0.3, -0.25) is 0 Å². The Morgan fingerprint density at radius 1 is 1.40 bits per heavy atom. The van der Waals surface area contributed by atoms with Gasteiger partial charge in [0.2, 0.25) is 0 Å². The van der Waals surface area contributed by atoms with Gasteiger partial charge >= 0.3 is 0 Å².